The molecule has 0 amide bonds. The summed E-state index contributed by atoms with van der Waals surface area (Å²) in [5.74, 6) is 0. The van der Waals surface area contributed by atoms with E-state index in [1.807, 2.05) is 0 Å². The van der Waals surface area contributed by atoms with Gasteiger partial charge in [0.05, 0.1) is 0 Å². The lowest BCUT2D eigenvalue weighted by Gasteiger charge is -2.16. The second kappa shape index (κ2) is 1.97. The molecule has 0 aromatic carbocycles. The molecule has 10 heavy (non-hydrogen) atoms. The molecule has 0 aromatic heterocycles. The molecule has 1 aliphatic carbocycles. The highest BCUT2D eigenvalue weighted by Crippen LogP contribution is 2.54. The lowest BCUT2D eigenvalue weighted by molar-refractivity contribution is 0.300. The van der Waals surface area contributed by atoms with Crippen LogP contribution in [0.5, 0.6) is 0 Å². The summed E-state index contributed by atoms with van der Waals surface area (Å²) < 4.78 is 0. The molecule has 1 nitrogen and oxygen atoms in total. The van der Waals surface area contributed by atoms with Crippen LogP contribution in [0.15, 0.2) is 0 Å². The van der Waals surface area contributed by atoms with E-state index in [1.54, 1.807) is 0 Å². The van der Waals surface area contributed by atoms with Gasteiger partial charge in [-0.1, -0.05) is 6.92 Å². The van der Waals surface area contributed by atoms with Crippen molar-refractivity contribution in [2.45, 2.75) is 38.6 Å². The standard InChI is InChI=1S/C9H17N/c1-3-8-6-9(4-5-9)7-10(8)2/h8H,3-7H2,1-2H3/t8-/m1/s1. The van der Waals surface area contributed by atoms with Crippen LogP contribution in [0.25, 0.3) is 0 Å². The van der Waals surface area contributed by atoms with Crippen molar-refractivity contribution >= 4 is 0 Å². The molecule has 1 saturated carbocycles. The van der Waals surface area contributed by atoms with Gasteiger partial charge < -0.3 is 4.90 Å². The number of nitrogens with zero attached hydrogens (tertiary/aromatic N) is 1. The third-order valence-electron chi connectivity index (χ3n) is 3.31. The fourth-order valence-electron chi connectivity index (χ4n) is 2.37. The highest BCUT2D eigenvalue weighted by molar-refractivity contribution is 5.03. The number of hydrogen-bond donors (Lipinski definition) is 0. The Morgan fingerprint density at radius 2 is 2.20 bits per heavy atom. The Labute approximate surface area is 63.4 Å². The summed E-state index contributed by atoms with van der Waals surface area (Å²) in [5, 5.41) is 0. The minimum absolute atomic E-state index is 0.815. The molecule has 1 heterocycles. The molecular formula is C9H17N. The third kappa shape index (κ3) is 0.878. The summed E-state index contributed by atoms with van der Waals surface area (Å²) >= 11 is 0. The lowest BCUT2D eigenvalue weighted by Crippen LogP contribution is -2.23. The van der Waals surface area contributed by atoms with Gasteiger partial charge in [0, 0.05) is 12.6 Å². The molecule has 1 saturated heterocycles. The van der Waals surface area contributed by atoms with E-state index in [-0.39, 0.29) is 0 Å². The van der Waals surface area contributed by atoms with Crippen LogP contribution in [0.4, 0.5) is 0 Å². The van der Waals surface area contributed by atoms with Gasteiger partial charge in [0.25, 0.3) is 0 Å². The molecular weight excluding hydrogens is 122 g/mol. The van der Waals surface area contributed by atoms with Crippen LogP contribution in [-0.2, 0) is 0 Å². The van der Waals surface area contributed by atoms with Gasteiger partial charge in [-0.3, -0.25) is 0 Å². The van der Waals surface area contributed by atoms with Crippen molar-refractivity contribution in [1.82, 2.24) is 4.90 Å². The minimum atomic E-state index is 0.815. The molecule has 1 spiro atoms. The van der Waals surface area contributed by atoms with Crippen LogP contribution in [0.1, 0.15) is 32.6 Å². The lowest BCUT2D eigenvalue weighted by atomic mass is 10.0. The predicted molar refractivity (Wildman–Crippen MR) is 43.0 cm³/mol. The second-order valence-corrected chi connectivity index (χ2v) is 4.18. The first kappa shape index (κ1) is 6.66. The zero-order chi connectivity index (χ0) is 7.19. The third-order valence-corrected chi connectivity index (χ3v) is 3.31. The van der Waals surface area contributed by atoms with Gasteiger partial charge in [0.15, 0.2) is 0 Å². The molecule has 0 N–H and O–H groups in total. The molecule has 58 valence electrons. The van der Waals surface area contributed by atoms with Crippen LogP contribution in [0.3, 0.4) is 0 Å². The molecule has 0 bridgehead atoms. The van der Waals surface area contributed by atoms with Gasteiger partial charge in [-0.2, -0.15) is 0 Å². The van der Waals surface area contributed by atoms with E-state index in [4.69, 9.17) is 0 Å². The fourth-order valence-corrected chi connectivity index (χ4v) is 2.37. The van der Waals surface area contributed by atoms with Crippen molar-refractivity contribution < 1.29 is 0 Å². The van der Waals surface area contributed by atoms with E-state index >= 15 is 0 Å². The molecule has 2 fully saturated rings. The Hall–Kier alpha value is -0.0400. The Morgan fingerprint density at radius 1 is 1.50 bits per heavy atom. The van der Waals surface area contributed by atoms with Crippen molar-refractivity contribution in [3.8, 4) is 0 Å². The largest absolute Gasteiger partial charge is 0.303 e. The summed E-state index contributed by atoms with van der Waals surface area (Å²) in [6.45, 7) is 3.69. The van der Waals surface area contributed by atoms with Crippen molar-refractivity contribution in [1.29, 1.82) is 0 Å². The number of rotatable bonds is 1. The van der Waals surface area contributed by atoms with Gasteiger partial charge >= 0.3 is 0 Å². The van der Waals surface area contributed by atoms with Gasteiger partial charge in [0.1, 0.15) is 0 Å². The first-order valence-electron chi connectivity index (χ1n) is 4.46. The second-order valence-electron chi connectivity index (χ2n) is 4.18. The Bertz CT molecular complexity index is 138. The van der Waals surface area contributed by atoms with Crippen molar-refractivity contribution in [3.05, 3.63) is 0 Å². The van der Waals surface area contributed by atoms with Gasteiger partial charge in [-0.05, 0) is 38.1 Å². The molecule has 0 unspecified atom stereocenters. The maximum atomic E-state index is 2.55. The minimum Gasteiger partial charge on any atom is -0.303 e. The molecule has 2 aliphatic rings. The topological polar surface area (TPSA) is 3.24 Å². The summed E-state index contributed by atoms with van der Waals surface area (Å²) in [5.41, 5.74) is 0.815. The Morgan fingerprint density at radius 3 is 2.50 bits per heavy atom. The molecule has 1 heteroatoms. The van der Waals surface area contributed by atoms with Crippen molar-refractivity contribution in [2.75, 3.05) is 13.6 Å². The summed E-state index contributed by atoms with van der Waals surface area (Å²) in [6.07, 6.45) is 5.85. The first-order chi connectivity index (χ1) is 4.76. The highest BCUT2D eigenvalue weighted by atomic mass is 15.2. The quantitative estimate of drug-likeness (QED) is 0.536. The van der Waals surface area contributed by atoms with Crippen LogP contribution >= 0.6 is 0 Å². The van der Waals surface area contributed by atoms with Crippen molar-refractivity contribution in [2.24, 2.45) is 5.41 Å². The Kier molecular flexibility index (Phi) is 1.31. The maximum absolute atomic E-state index is 2.55. The normalized spacial score (nSPS) is 37.2. The predicted octanol–water partition coefficient (Wildman–Crippen LogP) is 1.88. The monoisotopic (exact) mass is 139 g/mol. The molecule has 0 aromatic rings. The van der Waals surface area contributed by atoms with E-state index < -0.39 is 0 Å². The number of likely N-dealkylation sites (tertiary alicyclic amines) is 1. The zero-order valence-electron chi connectivity index (χ0n) is 7.06. The summed E-state index contributed by atoms with van der Waals surface area (Å²) in [4.78, 5) is 2.55. The number of hydrogen-bond acceptors (Lipinski definition) is 1. The Balaban J connectivity index is 2.00. The first-order valence-corrected chi connectivity index (χ1v) is 4.46. The van der Waals surface area contributed by atoms with Crippen LogP contribution < -0.4 is 0 Å². The maximum Gasteiger partial charge on any atom is 0.00955 e. The average molecular weight is 139 g/mol. The van der Waals surface area contributed by atoms with E-state index in [0.717, 1.165) is 11.5 Å². The van der Waals surface area contributed by atoms with E-state index in [0.29, 0.717) is 0 Å². The van der Waals surface area contributed by atoms with Gasteiger partial charge in [-0.15, -0.1) is 0 Å². The summed E-state index contributed by atoms with van der Waals surface area (Å²) in [6, 6.07) is 0.905. The van der Waals surface area contributed by atoms with E-state index in [2.05, 4.69) is 18.9 Å². The fraction of sp³-hybridized carbons (Fsp3) is 1.00. The zero-order valence-corrected chi connectivity index (χ0v) is 7.06. The van der Waals surface area contributed by atoms with E-state index in [1.165, 1.54) is 32.2 Å². The smallest absolute Gasteiger partial charge is 0.00955 e. The SMILES string of the molecule is CC[C@@H]1CC2(CC2)CN1C. The molecule has 1 atom stereocenters. The summed E-state index contributed by atoms with van der Waals surface area (Å²) in [7, 11) is 2.28. The van der Waals surface area contributed by atoms with E-state index in [9.17, 15) is 0 Å². The van der Waals surface area contributed by atoms with Crippen molar-refractivity contribution in [3.63, 3.8) is 0 Å². The van der Waals surface area contributed by atoms with Crippen LogP contribution in [-0.4, -0.2) is 24.5 Å². The molecule has 1 aliphatic heterocycles. The highest BCUT2D eigenvalue weighted by Gasteiger charge is 2.49. The molecule has 0 radical (unpaired) electrons. The van der Waals surface area contributed by atoms with Crippen LogP contribution in [0, 0.1) is 5.41 Å². The van der Waals surface area contributed by atoms with Gasteiger partial charge in [-0.25, -0.2) is 0 Å². The average Bonchev–Trinajstić information content (AvgIpc) is 2.55. The van der Waals surface area contributed by atoms with Crippen LogP contribution in [0.2, 0.25) is 0 Å². The van der Waals surface area contributed by atoms with Gasteiger partial charge in [0.2, 0.25) is 0 Å². The molecule has 2 rings (SSSR count).